The van der Waals surface area contributed by atoms with Crippen LogP contribution in [0.1, 0.15) is 29.2 Å². The standard InChI is InChI=1S/C20H16N2O5/c1-10-18(20(26)22-21-10)15(8-16(23)24)14-9-17(25)27-19-12-5-3-2-4-11(12)6-7-13(14)19/h2-7,9,15H,8H2,1H3,(H,23,24)(H2,21,22,26). The summed E-state index contributed by atoms with van der Waals surface area (Å²) >= 11 is 0. The lowest BCUT2D eigenvalue weighted by Crippen LogP contribution is -2.18. The SMILES string of the molecule is Cc1[nH][nH]c(=O)c1C(CC(=O)O)c1cc(=O)oc2c1ccc1ccccc12. The van der Waals surface area contributed by atoms with E-state index in [9.17, 15) is 19.5 Å². The Kier molecular flexibility index (Phi) is 3.92. The first-order valence-electron chi connectivity index (χ1n) is 8.40. The van der Waals surface area contributed by atoms with Crippen LogP contribution in [0, 0.1) is 6.92 Å². The van der Waals surface area contributed by atoms with Crippen molar-refractivity contribution in [1.82, 2.24) is 10.2 Å². The van der Waals surface area contributed by atoms with Gasteiger partial charge in [-0.15, -0.1) is 0 Å². The van der Waals surface area contributed by atoms with Crippen LogP contribution in [0.15, 0.2) is 56.5 Å². The summed E-state index contributed by atoms with van der Waals surface area (Å²) in [6.45, 7) is 1.69. The summed E-state index contributed by atoms with van der Waals surface area (Å²) in [6.07, 6.45) is -0.326. The zero-order valence-corrected chi connectivity index (χ0v) is 14.4. The number of H-pyrrole nitrogens is 2. The van der Waals surface area contributed by atoms with Crippen LogP contribution in [-0.2, 0) is 4.79 Å². The Morgan fingerprint density at radius 2 is 1.89 bits per heavy atom. The molecule has 1 atom stereocenters. The molecule has 2 aromatic heterocycles. The van der Waals surface area contributed by atoms with E-state index in [1.165, 1.54) is 6.07 Å². The summed E-state index contributed by atoms with van der Waals surface area (Å²) in [5, 5.41) is 16.9. The van der Waals surface area contributed by atoms with Gasteiger partial charge < -0.3 is 14.6 Å². The third kappa shape index (κ3) is 2.83. The number of hydrogen-bond donors (Lipinski definition) is 3. The molecular formula is C20H16N2O5. The molecular weight excluding hydrogens is 348 g/mol. The van der Waals surface area contributed by atoms with Crippen molar-refractivity contribution in [1.29, 1.82) is 0 Å². The van der Waals surface area contributed by atoms with Crippen LogP contribution >= 0.6 is 0 Å². The van der Waals surface area contributed by atoms with Gasteiger partial charge in [-0.25, -0.2) is 4.79 Å². The summed E-state index contributed by atoms with van der Waals surface area (Å²) in [7, 11) is 0. The zero-order valence-electron chi connectivity index (χ0n) is 14.4. The minimum Gasteiger partial charge on any atom is -0.481 e. The fraction of sp³-hybridized carbons (Fsp3) is 0.150. The summed E-state index contributed by atoms with van der Waals surface area (Å²) < 4.78 is 5.45. The molecule has 1 unspecified atom stereocenters. The highest BCUT2D eigenvalue weighted by Gasteiger charge is 2.26. The second-order valence-electron chi connectivity index (χ2n) is 6.45. The number of carboxylic acids is 1. The smallest absolute Gasteiger partial charge is 0.336 e. The lowest BCUT2D eigenvalue weighted by Gasteiger charge is -2.16. The molecule has 0 amide bonds. The highest BCUT2D eigenvalue weighted by molar-refractivity contribution is 6.05. The van der Waals surface area contributed by atoms with Crippen LogP contribution < -0.4 is 11.2 Å². The summed E-state index contributed by atoms with van der Waals surface area (Å²) in [5.41, 5.74) is 0.693. The molecule has 136 valence electrons. The number of carboxylic acid groups (broad SMARTS) is 1. The van der Waals surface area contributed by atoms with Gasteiger partial charge >= 0.3 is 11.6 Å². The molecule has 0 bridgehead atoms. The molecule has 3 N–H and O–H groups in total. The van der Waals surface area contributed by atoms with E-state index in [1.807, 2.05) is 30.3 Å². The van der Waals surface area contributed by atoms with E-state index in [1.54, 1.807) is 13.0 Å². The number of aryl methyl sites for hydroxylation is 1. The number of carbonyl (C=O) groups is 1. The Morgan fingerprint density at radius 1 is 1.11 bits per heavy atom. The number of hydrogen-bond acceptors (Lipinski definition) is 4. The van der Waals surface area contributed by atoms with Crippen LogP contribution in [0.2, 0.25) is 0 Å². The number of aliphatic carboxylic acids is 1. The van der Waals surface area contributed by atoms with E-state index in [4.69, 9.17) is 4.42 Å². The topological polar surface area (TPSA) is 116 Å². The van der Waals surface area contributed by atoms with Crippen molar-refractivity contribution in [2.45, 2.75) is 19.3 Å². The second-order valence-corrected chi connectivity index (χ2v) is 6.45. The normalized spacial score (nSPS) is 12.5. The first kappa shape index (κ1) is 16.8. The third-order valence-electron chi connectivity index (χ3n) is 4.78. The number of rotatable bonds is 4. The van der Waals surface area contributed by atoms with Gasteiger partial charge in [-0.3, -0.25) is 14.7 Å². The average molecular weight is 364 g/mol. The zero-order chi connectivity index (χ0) is 19.1. The van der Waals surface area contributed by atoms with Crippen molar-refractivity contribution >= 4 is 27.7 Å². The molecule has 0 spiro atoms. The van der Waals surface area contributed by atoms with E-state index in [0.29, 0.717) is 27.8 Å². The molecule has 4 aromatic rings. The van der Waals surface area contributed by atoms with Crippen molar-refractivity contribution in [3.05, 3.63) is 80.1 Å². The molecule has 7 heteroatoms. The highest BCUT2D eigenvalue weighted by Crippen LogP contribution is 2.34. The van der Waals surface area contributed by atoms with Gasteiger partial charge in [0.15, 0.2) is 0 Å². The van der Waals surface area contributed by atoms with Gasteiger partial charge in [0.05, 0.1) is 6.42 Å². The van der Waals surface area contributed by atoms with Crippen molar-refractivity contribution in [2.75, 3.05) is 0 Å². The Morgan fingerprint density at radius 3 is 2.59 bits per heavy atom. The minimum atomic E-state index is -1.07. The lowest BCUT2D eigenvalue weighted by atomic mass is 9.86. The molecule has 7 nitrogen and oxygen atoms in total. The van der Waals surface area contributed by atoms with E-state index in [-0.39, 0.29) is 6.42 Å². The lowest BCUT2D eigenvalue weighted by molar-refractivity contribution is -0.137. The van der Waals surface area contributed by atoms with Crippen LogP contribution in [-0.4, -0.2) is 21.3 Å². The average Bonchev–Trinajstić information content (AvgIpc) is 2.97. The number of benzene rings is 2. The van der Waals surface area contributed by atoms with E-state index in [2.05, 4.69) is 10.2 Å². The predicted octanol–water partition coefficient (Wildman–Crippen LogP) is 2.88. The van der Waals surface area contributed by atoms with Gasteiger partial charge in [-0.05, 0) is 17.9 Å². The fourth-order valence-corrected chi connectivity index (χ4v) is 3.62. The van der Waals surface area contributed by atoms with Gasteiger partial charge in [-0.1, -0.05) is 36.4 Å². The summed E-state index contributed by atoms with van der Waals surface area (Å²) in [4.78, 5) is 36.1. The Labute approximate surface area is 152 Å². The number of aromatic nitrogens is 2. The maximum atomic E-state index is 12.3. The summed E-state index contributed by atoms with van der Waals surface area (Å²) in [6, 6.07) is 12.4. The number of nitrogens with one attached hydrogen (secondary N) is 2. The molecule has 0 fully saturated rings. The molecule has 2 heterocycles. The predicted molar refractivity (Wildman–Crippen MR) is 100 cm³/mol. The fourth-order valence-electron chi connectivity index (χ4n) is 3.62. The van der Waals surface area contributed by atoms with E-state index in [0.717, 1.165) is 10.8 Å². The van der Waals surface area contributed by atoms with Crippen LogP contribution in [0.5, 0.6) is 0 Å². The maximum Gasteiger partial charge on any atom is 0.336 e. The van der Waals surface area contributed by atoms with Gasteiger partial charge in [0.1, 0.15) is 5.58 Å². The monoisotopic (exact) mass is 364 g/mol. The van der Waals surface area contributed by atoms with Crippen LogP contribution in [0.4, 0.5) is 0 Å². The molecule has 0 aliphatic rings. The second kappa shape index (κ2) is 6.28. The molecule has 27 heavy (non-hydrogen) atoms. The van der Waals surface area contributed by atoms with Crippen molar-refractivity contribution in [2.24, 2.45) is 0 Å². The molecule has 2 aromatic carbocycles. The van der Waals surface area contributed by atoms with Gasteiger partial charge in [0.25, 0.3) is 5.56 Å². The Balaban J connectivity index is 2.08. The first-order chi connectivity index (χ1) is 13.0. The van der Waals surface area contributed by atoms with Crippen molar-refractivity contribution < 1.29 is 14.3 Å². The number of fused-ring (bicyclic) bond motifs is 3. The molecule has 0 saturated carbocycles. The van der Waals surface area contributed by atoms with Gasteiger partial charge in [0, 0.05) is 34.0 Å². The van der Waals surface area contributed by atoms with Crippen molar-refractivity contribution in [3.63, 3.8) is 0 Å². The Bertz CT molecular complexity index is 1300. The molecule has 0 aliphatic carbocycles. The first-order valence-corrected chi connectivity index (χ1v) is 8.40. The largest absolute Gasteiger partial charge is 0.481 e. The summed E-state index contributed by atoms with van der Waals surface area (Å²) in [5.74, 6) is -1.85. The Hall–Kier alpha value is -3.61. The molecule has 0 radical (unpaired) electrons. The van der Waals surface area contributed by atoms with E-state index < -0.39 is 23.1 Å². The van der Waals surface area contributed by atoms with Crippen LogP contribution in [0.3, 0.4) is 0 Å². The van der Waals surface area contributed by atoms with E-state index >= 15 is 0 Å². The molecule has 4 rings (SSSR count). The molecule has 0 aliphatic heterocycles. The number of aromatic amines is 2. The van der Waals surface area contributed by atoms with Crippen LogP contribution in [0.25, 0.3) is 21.7 Å². The maximum absolute atomic E-state index is 12.3. The highest BCUT2D eigenvalue weighted by atomic mass is 16.4. The van der Waals surface area contributed by atoms with Gasteiger partial charge in [-0.2, -0.15) is 0 Å². The van der Waals surface area contributed by atoms with Gasteiger partial charge in [0.2, 0.25) is 0 Å². The molecule has 0 saturated heterocycles. The minimum absolute atomic E-state index is 0.303. The van der Waals surface area contributed by atoms with Crippen molar-refractivity contribution in [3.8, 4) is 0 Å². The quantitative estimate of drug-likeness (QED) is 0.380. The third-order valence-corrected chi connectivity index (χ3v) is 4.78.